The number of aromatic amines is 1. The van der Waals surface area contributed by atoms with Crippen molar-refractivity contribution in [2.24, 2.45) is 0 Å². The number of piperidine rings is 1. The van der Waals surface area contributed by atoms with E-state index in [9.17, 15) is 13.2 Å². The number of hydrogen-bond acceptors (Lipinski definition) is 5. The van der Waals surface area contributed by atoms with Gasteiger partial charge in [-0.1, -0.05) is 13.3 Å². The first-order chi connectivity index (χ1) is 13.8. The van der Waals surface area contributed by atoms with Crippen molar-refractivity contribution in [3.05, 3.63) is 35.5 Å². The zero-order chi connectivity index (χ0) is 21.0. The Morgan fingerprint density at radius 2 is 1.86 bits per heavy atom. The molecular weight excluding hydrogens is 381 g/mol. The maximum Gasteiger partial charge on any atom is 0.417 e. The van der Waals surface area contributed by atoms with Gasteiger partial charge in [0.2, 0.25) is 0 Å². The Morgan fingerprint density at radius 1 is 1.14 bits per heavy atom. The second kappa shape index (κ2) is 8.77. The van der Waals surface area contributed by atoms with E-state index in [1.165, 1.54) is 45.0 Å². The van der Waals surface area contributed by atoms with Crippen LogP contribution in [0.15, 0.2) is 24.4 Å². The Kier molecular flexibility index (Phi) is 6.36. The van der Waals surface area contributed by atoms with E-state index in [1.807, 2.05) is 0 Å². The number of H-pyrrole nitrogens is 1. The van der Waals surface area contributed by atoms with Gasteiger partial charge < -0.3 is 10.6 Å². The average Bonchev–Trinajstić information content (AvgIpc) is 3.18. The molecular formula is C20H25F3N6. The Labute approximate surface area is 167 Å². The number of benzene rings is 1. The highest BCUT2D eigenvalue weighted by molar-refractivity contribution is 5.95. The van der Waals surface area contributed by atoms with Gasteiger partial charge in [-0.2, -0.15) is 18.3 Å². The molecule has 1 fully saturated rings. The summed E-state index contributed by atoms with van der Waals surface area (Å²) in [5.74, 6) is 0.254. The van der Waals surface area contributed by atoms with E-state index in [0.29, 0.717) is 11.3 Å². The van der Waals surface area contributed by atoms with E-state index in [1.54, 1.807) is 13.0 Å². The van der Waals surface area contributed by atoms with Crippen LogP contribution in [0.25, 0.3) is 22.2 Å². The number of halogens is 3. The van der Waals surface area contributed by atoms with Crippen LogP contribution in [0.4, 0.5) is 19.0 Å². The van der Waals surface area contributed by atoms with Gasteiger partial charge in [0.05, 0.1) is 23.0 Å². The van der Waals surface area contributed by atoms with E-state index in [2.05, 4.69) is 32.2 Å². The Bertz CT molecular complexity index is 960. The zero-order valence-corrected chi connectivity index (χ0v) is 16.6. The fourth-order valence-corrected chi connectivity index (χ4v) is 3.53. The first-order valence-corrected chi connectivity index (χ1v) is 9.67. The van der Waals surface area contributed by atoms with Crippen LogP contribution in [0.5, 0.6) is 0 Å². The molecule has 0 atom stereocenters. The molecule has 0 aliphatic carbocycles. The number of aromatic nitrogens is 4. The van der Waals surface area contributed by atoms with Gasteiger partial charge in [0.15, 0.2) is 0 Å². The molecule has 0 saturated carbocycles. The molecule has 1 aromatic carbocycles. The molecule has 0 spiro atoms. The third kappa shape index (κ3) is 4.84. The molecule has 0 bridgehead atoms. The lowest BCUT2D eigenvalue weighted by atomic mass is 10.0. The molecule has 29 heavy (non-hydrogen) atoms. The lowest BCUT2D eigenvalue weighted by Crippen LogP contribution is -2.29. The highest BCUT2D eigenvalue weighted by Gasteiger charge is 2.33. The van der Waals surface area contributed by atoms with Gasteiger partial charge in [0.1, 0.15) is 5.82 Å². The van der Waals surface area contributed by atoms with Crippen LogP contribution in [0.3, 0.4) is 0 Å². The molecule has 4 rings (SSSR count). The van der Waals surface area contributed by atoms with Crippen LogP contribution >= 0.6 is 0 Å². The summed E-state index contributed by atoms with van der Waals surface area (Å²) in [4.78, 5) is 2.52. The van der Waals surface area contributed by atoms with Crippen molar-refractivity contribution in [1.29, 1.82) is 0 Å². The quantitative estimate of drug-likeness (QED) is 0.658. The maximum atomic E-state index is 13.0. The van der Waals surface area contributed by atoms with Crippen LogP contribution in [-0.4, -0.2) is 44.9 Å². The van der Waals surface area contributed by atoms with Crippen molar-refractivity contribution >= 4 is 16.7 Å². The highest BCUT2D eigenvalue weighted by Crippen LogP contribution is 2.38. The third-order valence-electron chi connectivity index (χ3n) is 5.08. The second-order valence-corrected chi connectivity index (χ2v) is 7.11. The topological polar surface area (TPSA) is 83.7 Å². The summed E-state index contributed by atoms with van der Waals surface area (Å²) in [6.45, 7) is 7.94. The predicted molar refractivity (Wildman–Crippen MR) is 107 cm³/mol. The monoisotopic (exact) mass is 406 g/mol. The van der Waals surface area contributed by atoms with E-state index in [0.717, 1.165) is 17.8 Å². The smallest absolute Gasteiger partial charge is 0.382 e. The summed E-state index contributed by atoms with van der Waals surface area (Å²) >= 11 is 0. The van der Waals surface area contributed by atoms with Crippen LogP contribution in [0, 0.1) is 6.92 Å². The van der Waals surface area contributed by atoms with Gasteiger partial charge in [-0.05, 0) is 63.2 Å². The Morgan fingerprint density at radius 3 is 2.45 bits per heavy atom. The van der Waals surface area contributed by atoms with E-state index in [-0.39, 0.29) is 16.7 Å². The molecule has 0 radical (unpaired) electrons. The molecule has 1 saturated heterocycles. The SMILES string of the molecule is CCN1CCCCC1.Cc1cc(N)nnc1-c1ccc(C(F)(F)F)c2cn[nH]c12. The molecule has 3 heterocycles. The largest absolute Gasteiger partial charge is 0.417 e. The lowest BCUT2D eigenvalue weighted by Gasteiger charge is -2.24. The number of nitrogens with two attached hydrogens (primary N) is 1. The van der Waals surface area contributed by atoms with Crippen molar-refractivity contribution in [1.82, 2.24) is 25.3 Å². The number of likely N-dealkylation sites (tertiary alicyclic amines) is 1. The minimum atomic E-state index is -4.44. The molecule has 3 aromatic rings. The highest BCUT2D eigenvalue weighted by atomic mass is 19.4. The van der Waals surface area contributed by atoms with Gasteiger partial charge in [0.25, 0.3) is 0 Å². The standard InChI is InChI=1S/C13H10F3N5.C7H15N/c1-6-4-10(17)19-21-11(6)7-2-3-9(13(14,15)16)8-5-18-20-12(7)8;1-2-8-6-4-3-5-7-8/h2-5H,1H3,(H2,17,19)(H,18,20);2-7H2,1H3. The molecule has 0 unspecified atom stereocenters. The van der Waals surface area contributed by atoms with Crippen molar-refractivity contribution in [2.75, 3.05) is 25.4 Å². The number of alkyl halides is 3. The van der Waals surface area contributed by atoms with Crippen LogP contribution < -0.4 is 5.73 Å². The Balaban J connectivity index is 0.000000252. The van der Waals surface area contributed by atoms with E-state index >= 15 is 0 Å². The first-order valence-electron chi connectivity index (χ1n) is 9.67. The molecule has 3 N–H and O–H groups in total. The summed E-state index contributed by atoms with van der Waals surface area (Å²) in [6.07, 6.45) is 1.02. The van der Waals surface area contributed by atoms with Crippen LogP contribution in [0.1, 0.15) is 37.3 Å². The molecule has 2 aromatic heterocycles. The normalized spacial score (nSPS) is 15.2. The van der Waals surface area contributed by atoms with Crippen molar-refractivity contribution in [2.45, 2.75) is 39.3 Å². The number of nitrogens with zero attached hydrogens (tertiary/aromatic N) is 4. The molecule has 6 nitrogen and oxygen atoms in total. The fourth-order valence-electron chi connectivity index (χ4n) is 3.53. The van der Waals surface area contributed by atoms with Gasteiger partial charge in [0, 0.05) is 10.9 Å². The first kappa shape index (κ1) is 21.0. The number of anilines is 1. The zero-order valence-electron chi connectivity index (χ0n) is 16.6. The van der Waals surface area contributed by atoms with Crippen molar-refractivity contribution in [3.8, 4) is 11.3 Å². The lowest BCUT2D eigenvalue weighted by molar-refractivity contribution is -0.136. The number of fused-ring (bicyclic) bond motifs is 1. The summed E-state index contributed by atoms with van der Waals surface area (Å²) in [5.41, 5.74) is 6.75. The van der Waals surface area contributed by atoms with Crippen LogP contribution in [0.2, 0.25) is 0 Å². The third-order valence-corrected chi connectivity index (χ3v) is 5.08. The van der Waals surface area contributed by atoms with Gasteiger partial charge in [-0.15, -0.1) is 10.2 Å². The minimum absolute atomic E-state index is 0.00183. The maximum absolute atomic E-state index is 13.0. The Hall–Kier alpha value is -2.68. The average molecular weight is 406 g/mol. The van der Waals surface area contributed by atoms with Gasteiger partial charge >= 0.3 is 6.18 Å². The molecule has 1 aliphatic rings. The summed E-state index contributed by atoms with van der Waals surface area (Å²) in [7, 11) is 0. The number of nitrogens with one attached hydrogen (secondary N) is 1. The van der Waals surface area contributed by atoms with E-state index < -0.39 is 11.7 Å². The molecule has 1 aliphatic heterocycles. The van der Waals surface area contributed by atoms with Crippen molar-refractivity contribution in [3.63, 3.8) is 0 Å². The second-order valence-electron chi connectivity index (χ2n) is 7.11. The number of rotatable bonds is 2. The predicted octanol–water partition coefficient (Wildman–Crippen LogP) is 4.42. The molecule has 9 heteroatoms. The van der Waals surface area contributed by atoms with Crippen LogP contribution in [-0.2, 0) is 6.18 Å². The summed E-state index contributed by atoms with van der Waals surface area (Å²) in [5, 5.41) is 14.0. The number of nitrogen functional groups attached to an aromatic ring is 1. The van der Waals surface area contributed by atoms with Gasteiger partial charge in [-0.3, -0.25) is 5.10 Å². The summed E-state index contributed by atoms with van der Waals surface area (Å²) in [6, 6.07) is 3.99. The minimum Gasteiger partial charge on any atom is -0.382 e. The molecule has 0 amide bonds. The van der Waals surface area contributed by atoms with Gasteiger partial charge in [-0.25, -0.2) is 0 Å². The molecule has 156 valence electrons. The summed E-state index contributed by atoms with van der Waals surface area (Å²) < 4.78 is 38.9. The fraction of sp³-hybridized carbons (Fsp3) is 0.450. The number of aryl methyl sites for hydroxylation is 1. The van der Waals surface area contributed by atoms with E-state index in [4.69, 9.17) is 5.73 Å². The number of hydrogen-bond donors (Lipinski definition) is 2. The van der Waals surface area contributed by atoms with Crippen molar-refractivity contribution < 1.29 is 13.2 Å².